The molecule has 0 aromatic heterocycles. The van der Waals surface area contributed by atoms with E-state index in [2.05, 4.69) is 24.4 Å². The van der Waals surface area contributed by atoms with Crippen LogP contribution in [-0.2, 0) is 13.2 Å². The topological polar surface area (TPSA) is 32.3 Å². The summed E-state index contributed by atoms with van der Waals surface area (Å²) < 4.78 is 0. The van der Waals surface area contributed by atoms with Crippen molar-refractivity contribution in [3.05, 3.63) is 35.4 Å². The van der Waals surface area contributed by atoms with Crippen LogP contribution in [0.25, 0.3) is 0 Å². The molecule has 2 heteroatoms. The van der Waals surface area contributed by atoms with E-state index >= 15 is 0 Å². The second-order valence-electron chi connectivity index (χ2n) is 6.48. The number of aliphatic hydroxyl groups is 1. The minimum absolute atomic E-state index is 0.134. The Labute approximate surface area is 116 Å². The Bertz CT molecular complexity index is 414. The third-order valence-corrected chi connectivity index (χ3v) is 5.27. The van der Waals surface area contributed by atoms with Gasteiger partial charge in [0.05, 0.1) is 6.61 Å². The SMILES string of the molecule is CC(NCc1ccc(CO)cc1)C1CC2CCC1C2. The lowest BCUT2D eigenvalue weighted by Gasteiger charge is -2.28. The molecule has 0 amide bonds. The lowest BCUT2D eigenvalue weighted by molar-refractivity contribution is 0.259. The fourth-order valence-corrected chi connectivity index (χ4v) is 4.10. The Balaban J connectivity index is 1.51. The molecule has 2 aliphatic rings. The van der Waals surface area contributed by atoms with Crippen molar-refractivity contribution >= 4 is 0 Å². The largest absolute Gasteiger partial charge is 0.392 e. The molecular formula is C17H25NO. The highest BCUT2D eigenvalue weighted by Gasteiger charge is 2.41. The molecule has 0 spiro atoms. The van der Waals surface area contributed by atoms with Gasteiger partial charge in [-0.05, 0) is 55.1 Å². The van der Waals surface area contributed by atoms with E-state index in [1.54, 1.807) is 0 Å². The van der Waals surface area contributed by atoms with Crippen molar-refractivity contribution in [1.82, 2.24) is 5.32 Å². The van der Waals surface area contributed by atoms with Gasteiger partial charge in [0, 0.05) is 12.6 Å². The average molecular weight is 259 g/mol. The van der Waals surface area contributed by atoms with E-state index in [0.717, 1.165) is 29.9 Å². The molecule has 2 bridgehead atoms. The van der Waals surface area contributed by atoms with Gasteiger partial charge in [-0.25, -0.2) is 0 Å². The van der Waals surface area contributed by atoms with Crippen LogP contribution in [0.4, 0.5) is 0 Å². The van der Waals surface area contributed by atoms with Crippen molar-refractivity contribution in [1.29, 1.82) is 0 Å². The number of aliphatic hydroxyl groups excluding tert-OH is 1. The first-order chi connectivity index (χ1) is 9.26. The molecule has 4 atom stereocenters. The molecule has 0 saturated heterocycles. The van der Waals surface area contributed by atoms with Gasteiger partial charge in [-0.15, -0.1) is 0 Å². The lowest BCUT2D eigenvalue weighted by atomic mass is 9.84. The molecule has 1 aromatic carbocycles. The zero-order valence-corrected chi connectivity index (χ0v) is 11.8. The number of rotatable bonds is 5. The molecule has 2 N–H and O–H groups in total. The van der Waals surface area contributed by atoms with Gasteiger partial charge in [0.15, 0.2) is 0 Å². The van der Waals surface area contributed by atoms with Crippen molar-refractivity contribution in [2.75, 3.05) is 0 Å². The summed E-state index contributed by atoms with van der Waals surface area (Å²) in [5, 5.41) is 12.7. The molecule has 2 saturated carbocycles. The first-order valence-corrected chi connectivity index (χ1v) is 7.68. The van der Waals surface area contributed by atoms with Crippen LogP contribution in [0.15, 0.2) is 24.3 Å². The highest BCUT2D eigenvalue weighted by atomic mass is 16.3. The zero-order chi connectivity index (χ0) is 13.2. The third-order valence-electron chi connectivity index (χ3n) is 5.27. The summed E-state index contributed by atoms with van der Waals surface area (Å²) in [4.78, 5) is 0. The van der Waals surface area contributed by atoms with Crippen LogP contribution in [0.3, 0.4) is 0 Å². The maximum Gasteiger partial charge on any atom is 0.0681 e. The van der Waals surface area contributed by atoms with Crippen LogP contribution >= 0.6 is 0 Å². The van der Waals surface area contributed by atoms with Crippen molar-refractivity contribution in [3.63, 3.8) is 0 Å². The summed E-state index contributed by atoms with van der Waals surface area (Å²) in [6, 6.07) is 8.89. The predicted octanol–water partition coefficient (Wildman–Crippen LogP) is 3.09. The van der Waals surface area contributed by atoms with Gasteiger partial charge in [-0.2, -0.15) is 0 Å². The van der Waals surface area contributed by atoms with Gasteiger partial charge < -0.3 is 10.4 Å². The molecule has 1 aromatic rings. The fraction of sp³-hybridized carbons (Fsp3) is 0.647. The maximum atomic E-state index is 9.03. The maximum absolute atomic E-state index is 9.03. The average Bonchev–Trinajstić information content (AvgIpc) is 3.08. The molecule has 19 heavy (non-hydrogen) atoms. The Morgan fingerprint density at radius 1 is 1.16 bits per heavy atom. The zero-order valence-electron chi connectivity index (χ0n) is 11.8. The highest BCUT2D eigenvalue weighted by molar-refractivity contribution is 5.21. The van der Waals surface area contributed by atoms with Crippen LogP contribution in [0.5, 0.6) is 0 Å². The van der Waals surface area contributed by atoms with E-state index in [1.807, 2.05) is 12.1 Å². The minimum atomic E-state index is 0.134. The third kappa shape index (κ3) is 2.85. The first kappa shape index (κ1) is 13.1. The van der Waals surface area contributed by atoms with Crippen molar-refractivity contribution in [2.24, 2.45) is 17.8 Å². The minimum Gasteiger partial charge on any atom is -0.392 e. The summed E-state index contributed by atoms with van der Waals surface area (Å²) in [6.07, 6.45) is 5.88. The Kier molecular flexibility index (Phi) is 3.90. The lowest BCUT2D eigenvalue weighted by Crippen LogP contribution is -2.35. The van der Waals surface area contributed by atoms with Crippen LogP contribution in [-0.4, -0.2) is 11.1 Å². The van der Waals surface area contributed by atoms with E-state index in [0.29, 0.717) is 6.04 Å². The number of nitrogens with one attached hydrogen (secondary N) is 1. The molecule has 2 aliphatic carbocycles. The first-order valence-electron chi connectivity index (χ1n) is 7.68. The standard InChI is InChI=1S/C17H25NO/c1-12(17-9-15-6-7-16(17)8-15)18-10-13-2-4-14(11-19)5-3-13/h2-5,12,15-19H,6-11H2,1H3. The van der Waals surface area contributed by atoms with E-state index in [-0.39, 0.29) is 6.61 Å². The summed E-state index contributed by atoms with van der Waals surface area (Å²) in [5.41, 5.74) is 2.30. The van der Waals surface area contributed by atoms with E-state index < -0.39 is 0 Å². The Morgan fingerprint density at radius 2 is 1.89 bits per heavy atom. The smallest absolute Gasteiger partial charge is 0.0681 e. The molecule has 4 unspecified atom stereocenters. The number of benzene rings is 1. The molecule has 0 radical (unpaired) electrons. The molecule has 2 fully saturated rings. The quantitative estimate of drug-likeness (QED) is 0.851. The van der Waals surface area contributed by atoms with Gasteiger partial charge in [-0.3, -0.25) is 0 Å². The van der Waals surface area contributed by atoms with Gasteiger partial charge in [0.1, 0.15) is 0 Å². The normalized spacial score (nSPS) is 30.7. The van der Waals surface area contributed by atoms with E-state index in [4.69, 9.17) is 5.11 Å². The molecule has 0 heterocycles. The van der Waals surface area contributed by atoms with Gasteiger partial charge in [0.25, 0.3) is 0 Å². The molecular weight excluding hydrogens is 234 g/mol. The summed E-state index contributed by atoms with van der Waals surface area (Å²) in [6.45, 7) is 3.43. The number of hydrogen-bond donors (Lipinski definition) is 2. The van der Waals surface area contributed by atoms with Crippen LogP contribution in [0.1, 0.15) is 43.7 Å². The Morgan fingerprint density at radius 3 is 2.47 bits per heavy atom. The molecule has 2 nitrogen and oxygen atoms in total. The highest BCUT2D eigenvalue weighted by Crippen LogP contribution is 2.49. The fourth-order valence-electron chi connectivity index (χ4n) is 4.10. The second-order valence-corrected chi connectivity index (χ2v) is 6.48. The van der Waals surface area contributed by atoms with Gasteiger partial charge in [-0.1, -0.05) is 30.7 Å². The summed E-state index contributed by atoms with van der Waals surface area (Å²) >= 11 is 0. The predicted molar refractivity (Wildman–Crippen MR) is 77.6 cm³/mol. The van der Waals surface area contributed by atoms with Crippen molar-refractivity contribution < 1.29 is 5.11 Å². The van der Waals surface area contributed by atoms with Crippen LogP contribution in [0, 0.1) is 17.8 Å². The van der Waals surface area contributed by atoms with E-state index in [1.165, 1.54) is 31.2 Å². The number of fused-ring (bicyclic) bond motifs is 2. The van der Waals surface area contributed by atoms with Crippen LogP contribution < -0.4 is 5.32 Å². The van der Waals surface area contributed by atoms with Gasteiger partial charge in [0.2, 0.25) is 0 Å². The van der Waals surface area contributed by atoms with Crippen LogP contribution in [0.2, 0.25) is 0 Å². The summed E-state index contributed by atoms with van der Waals surface area (Å²) in [5.74, 6) is 2.92. The van der Waals surface area contributed by atoms with Crippen molar-refractivity contribution in [2.45, 2.75) is 51.8 Å². The van der Waals surface area contributed by atoms with Gasteiger partial charge >= 0.3 is 0 Å². The summed E-state index contributed by atoms with van der Waals surface area (Å²) in [7, 11) is 0. The van der Waals surface area contributed by atoms with E-state index in [9.17, 15) is 0 Å². The molecule has 0 aliphatic heterocycles. The molecule has 104 valence electrons. The number of hydrogen-bond acceptors (Lipinski definition) is 2. The Hall–Kier alpha value is -0.860. The molecule has 3 rings (SSSR count). The second kappa shape index (κ2) is 5.64. The monoisotopic (exact) mass is 259 g/mol. The van der Waals surface area contributed by atoms with Crippen molar-refractivity contribution in [3.8, 4) is 0 Å².